The minimum atomic E-state index is 0.839. The van der Waals surface area contributed by atoms with E-state index >= 15 is 0 Å². The first kappa shape index (κ1) is 5.16. The Morgan fingerprint density at radius 3 is 2.50 bits per heavy atom. The highest BCUT2D eigenvalue weighted by atomic mass is 32.2. The number of fused-ring (bicyclic) bond motifs is 2. The van der Waals surface area contributed by atoms with Crippen LogP contribution in [0, 0.1) is 5.92 Å². The van der Waals surface area contributed by atoms with E-state index in [0.717, 1.165) is 16.8 Å². The molecule has 0 radical (unpaired) electrons. The van der Waals surface area contributed by atoms with Crippen molar-refractivity contribution in [3.8, 4) is 0 Å². The average molecular weight is 129 g/mol. The highest BCUT2D eigenvalue weighted by molar-refractivity contribution is 7.97. The predicted molar refractivity (Wildman–Crippen MR) is 39.3 cm³/mol. The van der Waals surface area contributed by atoms with Gasteiger partial charge in [-0.2, -0.15) is 0 Å². The summed E-state index contributed by atoms with van der Waals surface area (Å²) < 4.78 is 0. The smallest absolute Gasteiger partial charge is 0.0410 e. The Labute approximate surface area is 54.0 Å². The van der Waals surface area contributed by atoms with E-state index < -0.39 is 0 Å². The Morgan fingerprint density at radius 2 is 2.25 bits per heavy atom. The maximum absolute atomic E-state index is 2.45. The molecule has 8 heavy (non-hydrogen) atoms. The minimum absolute atomic E-state index is 0.839. The molecule has 1 saturated carbocycles. The van der Waals surface area contributed by atoms with Gasteiger partial charge in [0.15, 0.2) is 0 Å². The second-order valence-corrected chi connectivity index (χ2v) is 5.54. The Bertz CT molecular complexity index is 98.6. The van der Waals surface area contributed by atoms with Gasteiger partial charge in [0.2, 0.25) is 0 Å². The summed E-state index contributed by atoms with van der Waals surface area (Å²) in [5, 5.41) is 1.17. The van der Waals surface area contributed by atoms with Crippen molar-refractivity contribution in [2.75, 3.05) is 12.0 Å². The summed E-state index contributed by atoms with van der Waals surface area (Å²) >= 11 is 0. The highest BCUT2D eigenvalue weighted by Crippen LogP contribution is 2.39. The van der Waals surface area contributed by atoms with Gasteiger partial charge >= 0.3 is 0 Å². The summed E-state index contributed by atoms with van der Waals surface area (Å²) in [7, 11) is 0.839. The van der Waals surface area contributed by atoms with E-state index in [-0.39, 0.29) is 0 Å². The van der Waals surface area contributed by atoms with E-state index in [4.69, 9.17) is 0 Å². The molecule has 1 heterocycles. The first-order valence-corrected chi connectivity index (χ1v) is 5.34. The fourth-order valence-electron chi connectivity index (χ4n) is 2.05. The van der Waals surface area contributed by atoms with Crippen molar-refractivity contribution in [3.05, 3.63) is 0 Å². The molecule has 2 bridgehead atoms. The van der Waals surface area contributed by atoms with Crippen LogP contribution in [0.15, 0.2) is 0 Å². The van der Waals surface area contributed by atoms with Crippen molar-refractivity contribution < 1.29 is 0 Å². The Kier molecular flexibility index (Phi) is 1.07. The summed E-state index contributed by atoms with van der Waals surface area (Å²) in [4.78, 5) is 0. The summed E-state index contributed by atoms with van der Waals surface area (Å²) in [6.07, 6.45) is 7.15. The third-order valence-corrected chi connectivity index (χ3v) is 5.12. The van der Waals surface area contributed by atoms with Gasteiger partial charge in [-0.05, 0) is 23.7 Å². The van der Waals surface area contributed by atoms with E-state index in [0.29, 0.717) is 0 Å². The van der Waals surface area contributed by atoms with Crippen LogP contribution in [0.1, 0.15) is 19.3 Å². The van der Waals surface area contributed by atoms with Gasteiger partial charge in [0, 0.05) is 12.3 Å². The predicted octanol–water partition coefficient (Wildman–Crippen LogP) is 1.42. The lowest BCUT2D eigenvalue weighted by atomic mass is 10.1. The van der Waals surface area contributed by atoms with Crippen molar-refractivity contribution in [3.63, 3.8) is 0 Å². The van der Waals surface area contributed by atoms with Gasteiger partial charge in [-0.3, -0.25) is 0 Å². The molecule has 1 aliphatic heterocycles. The summed E-state index contributed by atoms with van der Waals surface area (Å²) in [5.41, 5.74) is 0. The van der Waals surface area contributed by atoms with Gasteiger partial charge in [0.25, 0.3) is 0 Å². The Balaban J connectivity index is 2.11. The molecule has 2 aliphatic rings. The molecule has 0 amide bonds. The molecule has 0 spiro atoms. The van der Waals surface area contributed by atoms with Gasteiger partial charge in [-0.15, -0.1) is 0 Å². The van der Waals surface area contributed by atoms with E-state index in [2.05, 4.69) is 6.26 Å². The number of rotatable bonds is 0. The van der Waals surface area contributed by atoms with Crippen molar-refractivity contribution in [1.82, 2.24) is 0 Å². The molecule has 0 aromatic rings. The molecule has 0 aromatic carbocycles. The fourth-order valence-corrected chi connectivity index (χ4v) is 4.51. The molecule has 0 nitrogen and oxygen atoms in total. The summed E-state index contributed by atoms with van der Waals surface area (Å²) in [5.74, 6) is 2.73. The van der Waals surface area contributed by atoms with Crippen LogP contribution in [0.3, 0.4) is 0 Å². The van der Waals surface area contributed by atoms with Gasteiger partial charge in [0.05, 0.1) is 6.26 Å². The van der Waals surface area contributed by atoms with Crippen LogP contribution in [-0.2, 0) is 10.9 Å². The molecule has 1 aliphatic carbocycles. The number of hydrogen-bond acceptors (Lipinski definition) is 0. The molecule has 1 heteroatoms. The zero-order valence-corrected chi connectivity index (χ0v) is 6.21. The SMILES string of the molecule is C[S+]1CC2CCC1C2. The number of hydrogen-bond donors (Lipinski definition) is 0. The molecular formula is C7H13S+. The third-order valence-electron chi connectivity index (χ3n) is 2.56. The average Bonchev–Trinajstić information content (AvgIpc) is 2.23. The van der Waals surface area contributed by atoms with E-state index in [1.165, 1.54) is 5.25 Å². The largest absolute Gasteiger partial charge is 0.118 e. The minimum Gasteiger partial charge on any atom is -0.0410 e. The van der Waals surface area contributed by atoms with Crippen LogP contribution < -0.4 is 0 Å². The van der Waals surface area contributed by atoms with E-state index in [9.17, 15) is 0 Å². The highest BCUT2D eigenvalue weighted by Gasteiger charge is 2.44. The first-order valence-electron chi connectivity index (χ1n) is 3.47. The van der Waals surface area contributed by atoms with Gasteiger partial charge in [0.1, 0.15) is 11.0 Å². The summed E-state index contributed by atoms with van der Waals surface area (Å²) in [6, 6.07) is 0. The zero-order valence-electron chi connectivity index (χ0n) is 5.39. The van der Waals surface area contributed by atoms with Gasteiger partial charge in [-0.25, -0.2) is 0 Å². The lowest BCUT2D eigenvalue weighted by Crippen LogP contribution is -2.17. The standard InChI is InChI=1S/C7H13S/c1-8-5-6-2-3-7(8)4-6/h6-7H,2-5H2,1H3/q+1. The van der Waals surface area contributed by atoms with Gasteiger partial charge < -0.3 is 0 Å². The maximum Gasteiger partial charge on any atom is 0.118 e. The molecule has 3 unspecified atom stereocenters. The van der Waals surface area contributed by atoms with Crippen LogP contribution in [0.4, 0.5) is 0 Å². The second kappa shape index (κ2) is 1.66. The Morgan fingerprint density at radius 1 is 1.38 bits per heavy atom. The van der Waals surface area contributed by atoms with Gasteiger partial charge in [-0.1, -0.05) is 0 Å². The molecule has 2 fully saturated rings. The second-order valence-electron chi connectivity index (χ2n) is 3.16. The fraction of sp³-hybridized carbons (Fsp3) is 1.00. The van der Waals surface area contributed by atoms with Crippen LogP contribution >= 0.6 is 0 Å². The molecular weight excluding hydrogens is 116 g/mol. The third kappa shape index (κ3) is 0.604. The van der Waals surface area contributed by atoms with Crippen molar-refractivity contribution in [2.24, 2.45) is 5.92 Å². The Hall–Kier alpha value is 0.350. The molecule has 2 rings (SSSR count). The topological polar surface area (TPSA) is 0 Å². The maximum atomic E-state index is 2.45. The monoisotopic (exact) mass is 129 g/mol. The van der Waals surface area contributed by atoms with Crippen LogP contribution in [0.2, 0.25) is 0 Å². The van der Waals surface area contributed by atoms with E-state index in [1.54, 1.807) is 25.0 Å². The normalized spacial score (nSPS) is 52.9. The van der Waals surface area contributed by atoms with Crippen LogP contribution in [0.5, 0.6) is 0 Å². The first-order chi connectivity index (χ1) is 3.86. The molecule has 0 N–H and O–H groups in total. The zero-order chi connectivity index (χ0) is 5.56. The lowest BCUT2D eigenvalue weighted by Gasteiger charge is -2.07. The quantitative estimate of drug-likeness (QED) is 0.434. The van der Waals surface area contributed by atoms with Crippen LogP contribution in [0.25, 0.3) is 0 Å². The van der Waals surface area contributed by atoms with Crippen molar-refractivity contribution in [2.45, 2.75) is 24.5 Å². The van der Waals surface area contributed by atoms with Crippen LogP contribution in [-0.4, -0.2) is 17.3 Å². The van der Waals surface area contributed by atoms with Crippen molar-refractivity contribution in [1.29, 1.82) is 0 Å². The molecule has 0 aromatic heterocycles. The van der Waals surface area contributed by atoms with E-state index in [1.807, 2.05) is 0 Å². The molecule has 46 valence electrons. The molecule has 1 saturated heterocycles. The summed E-state index contributed by atoms with van der Waals surface area (Å²) in [6.45, 7) is 0. The lowest BCUT2D eigenvalue weighted by molar-refractivity contribution is 0.635. The molecule has 3 atom stereocenters. The van der Waals surface area contributed by atoms with Crippen molar-refractivity contribution >= 4 is 10.9 Å².